The summed E-state index contributed by atoms with van der Waals surface area (Å²) >= 11 is 0. The molecule has 2 aromatic rings. The standard InChI is InChI=1S/C19H18N2O3/c1-3-13-4-8-15(9-5-13)21-19(23)17(18(22)20-21)12-14-6-10-16(24-2)11-7-14/h4-12H,3H2,1-2H3,(H,20,22)/b17-12+. The predicted octanol–water partition coefficient (Wildman–Crippen LogP) is 2.72. The summed E-state index contributed by atoms with van der Waals surface area (Å²) < 4.78 is 5.10. The zero-order valence-electron chi connectivity index (χ0n) is 13.6. The van der Waals surface area contributed by atoms with E-state index >= 15 is 0 Å². The van der Waals surface area contributed by atoms with Gasteiger partial charge in [-0.3, -0.25) is 15.0 Å². The van der Waals surface area contributed by atoms with E-state index < -0.39 is 5.91 Å². The fourth-order valence-electron chi connectivity index (χ4n) is 2.49. The van der Waals surface area contributed by atoms with Gasteiger partial charge in [0.05, 0.1) is 12.8 Å². The molecule has 1 aliphatic heterocycles. The maximum Gasteiger partial charge on any atom is 0.282 e. The molecule has 0 bridgehead atoms. The predicted molar refractivity (Wildman–Crippen MR) is 92.4 cm³/mol. The molecule has 0 radical (unpaired) electrons. The number of hydrogen-bond donors (Lipinski definition) is 1. The first-order valence-corrected chi connectivity index (χ1v) is 7.72. The maximum absolute atomic E-state index is 12.5. The Morgan fingerprint density at radius 3 is 2.29 bits per heavy atom. The first kappa shape index (κ1) is 15.8. The molecule has 122 valence electrons. The van der Waals surface area contributed by atoms with E-state index in [4.69, 9.17) is 4.74 Å². The van der Waals surface area contributed by atoms with Gasteiger partial charge in [-0.15, -0.1) is 0 Å². The van der Waals surface area contributed by atoms with Gasteiger partial charge in [0.15, 0.2) is 0 Å². The summed E-state index contributed by atoms with van der Waals surface area (Å²) in [7, 11) is 1.59. The van der Waals surface area contributed by atoms with Crippen LogP contribution in [-0.4, -0.2) is 18.9 Å². The van der Waals surface area contributed by atoms with Crippen LogP contribution in [0.25, 0.3) is 6.08 Å². The number of anilines is 1. The lowest BCUT2D eigenvalue weighted by molar-refractivity contribution is -0.117. The molecule has 0 spiro atoms. The lowest BCUT2D eigenvalue weighted by atomic mass is 10.1. The largest absolute Gasteiger partial charge is 0.497 e. The molecule has 3 rings (SSSR count). The van der Waals surface area contributed by atoms with E-state index in [0.717, 1.165) is 17.7 Å². The zero-order chi connectivity index (χ0) is 17.1. The third-order valence-electron chi connectivity index (χ3n) is 3.92. The molecule has 0 aromatic heterocycles. The Bertz CT molecular complexity index is 792. The third-order valence-corrected chi connectivity index (χ3v) is 3.92. The molecule has 1 fully saturated rings. The van der Waals surface area contributed by atoms with Crippen molar-refractivity contribution in [2.24, 2.45) is 0 Å². The average molecular weight is 322 g/mol. The van der Waals surface area contributed by atoms with Crippen molar-refractivity contribution in [3.8, 4) is 5.75 Å². The topological polar surface area (TPSA) is 58.6 Å². The van der Waals surface area contributed by atoms with Crippen LogP contribution in [0.1, 0.15) is 18.1 Å². The molecule has 1 N–H and O–H groups in total. The molecular weight excluding hydrogens is 304 g/mol. The smallest absolute Gasteiger partial charge is 0.282 e. The van der Waals surface area contributed by atoms with Gasteiger partial charge >= 0.3 is 0 Å². The molecule has 0 aliphatic carbocycles. The van der Waals surface area contributed by atoms with E-state index in [1.165, 1.54) is 10.6 Å². The van der Waals surface area contributed by atoms with Crippen LogP contribution in [0, 0.1) is 0 Å². The van der Waals surface area contributed by atoms with Crippen molar-refractivity contribution < 1.29 is 14.3 Å². The van der Waals surface area contributed by atoms with E-state index in [2.05, 4.69) is 12.3 Å². The number of hydrogen-bond acceptors (Lipinski definition) is 3. The number of benzene rings is 2. The van der Waals surface area contributed by atoms with E-state index in [0.29, 0.717) is 5.69 Å². The number of carbonyl (C=O) groups is 2. The van der Waals surface area contributed by atoms with Gasteiger partial charge in [0.2, 0.25) is 0 Å². The monoisotopic (exact) mass is 322 g/mol. The van der Waals surface area contributed by atoms with Crippen LogP contribution in [0.2, 0.25) is 0 Å². The Kier molecular flexibility index (Phi) is 4.33. The molecule has 1 heterocycles. The van der Waals surface area contributed by atoms with Gasteiger partial charge in [-0.05, 0) is 47.9 Å². The van der Waals surface area contributed by atoms with E-state index in [9.17, 15) is 9.59 Å². The molecule has 1 aliphatic rings. The van der Waals surface area contributed by atoms with Crippen LogP contribution < -0.4 is 15.2 Å². The number of carbonyl (C=O) groups excluding carboxylic acids is 2. The first-order chi connectivity index (χ1) is 11.6. The van der Waals surface area contributed by atoms with Crippen LogP contribution in [0.5, 0.6) is 5.75 Å². The number of hydrazine groups is 1. The van der Waals surface area contributed by atoms with E-state index in [1.54, 1.807) is 37.5 Å². The summed E-state index contributed by atoms with van der Waals surface area (Å²) in [5, 5.41) is 1.27. The molecule has 0 atom stereocenters. The van der Waals surface area contributed by atoms with Crippen molar-refractivity contribution >= 4 is 23.6 Å². The summed E-state index contributed by atoms with van der Waals surface area (Å²) in [4.78, 5) is 24.7. The number of ether oxygens (including phenoxy) is 1. The number of rotatable bonds is 4. The second-order valence-electron chi connectivity index (χ2n) is 5.43. The second-order valence-corrected chi connectivity index (χ2v) is 5.43. The maximum atomic E-state index is 12.5. The van der Waals surface area contributed by atoms with Crippen molar-refractivity contribution in [1.29, 1.82) is 0 Å². The van der Waals surface area contributed by atoms with E-state index in [1.807, 2.05) is 24.3 Å². The van der Waals surface area contributed by atoms with Gasteiger partial charge < -0.3 is 4.74 Å². The molecule has 5 nitrogen and oxygen atoms in total. The van der Waals surface area contributed by atoms with Crippen molar-refractivity contribution in [1.82, 2.24) is 5.43 Å². The highest BCUT2D eigenvalue weighted by molar-refractivity contribution is 6.31. The zero-order valence-corrected chi connectivity index (χ0v) is 13.6. The molecule has 24 heavy (non-hydrogen) atoms. The van der Waals surface area contributed by atoms with Crippen LogP contribution >= 0.6 is 0 Å². The lowest BCUT2D eigenvalue weighted by Gasteiger charge is -2.14. The number of aryl methyl sites for hydroxylation is 1. The van der Waals surface area contributed by atoms with Crippen LogP contribution in [-0.2, 0) is 16.0 Å². The van der Waals surface area contributed by atoms with E-state index in [-0.39, 0.29) is 11.5 Å². The minimum absolute atomic E-state index is 0.111. The summed E-state index contributed by atoms with van der Waals surface area (Å²) in [5.41, 5.74) is 5.29. The Labute approximate surface area is 140 Å². The fourth-order valence-corrected chi connectivity index (χ4v) is 2.49. The molecule has 2 aromatic carbocycles. The van der Waals surface area contributed by atoms with Gasteiger partial charge in [0.1, 0.15) is 11.3 Å². The number of methoxy groups -OCH3 is 1. The first-order valence-electron chi connectivity index (χ1n) is 7.72. The molecule has 2 amide bonds. The summed E-state index contributed by atoms with van der Waals surface area (Å²) in [6.45, 7) is 2.06. The number of nitrogens with one attached hydrogen (secondary N) is 1. The Morgan fingerprint density at radius 2 is 1.71 bits per heavy atom. The van der Waals surface area contributed by atoms with Gasteiger partial charge in [-0.1, -0.05) is 31.2 Å². The van der Waals surface area contributed by atoms with Crippen molar-refractivity contribution in [2.75, 3.05) is 12.1 Å². The Hall–Kier alpha value is -3.08. The van der Waals surface area contributed by atoms with Crippen molar-refractivity contribution in [3.63, 3.8) is 0 Å². The van der Waals surface area contributed by atoms with Gasteiger partial charge in [-0.25, -0.2) is 5.01 Å². The van der Waals surface area contributed by atoms with Crippen molar-refractivity contribution in [3.05, 3.63) is 65.2 Å². The van der Waals surface area contributed by atoms with Gasteiger partial charge in [-0.2, -0.15) is 0 Å². The third kappa shape index (κ3) is 3.01. The van der Waals surface area contributed by atoms with Crippen LogP contribution in [0.4, 0.5) is 5.69 Å². The quantitative estimate of drug-likeness (QED) is 0.695. The molecule has 1 saturated heterocycles. The average Bonchev–Trinajstić information content (AvgIpc) is 2.90. The van der Waals surface area contributed by atoms with Gasteiger partial charge in [0.25, 0.3) is 11.8 Å². The molecular formula is C19H18N2O3. The summed E-state index contributed by atoms with van der Waals surface area (Å²) in [5.74, 6) is -0.0487. The summed E-state index contributed by atoms with van der Waals surface area (Å²) in [6.07, 6.45) is 2.50. The fraction of sp³-hybridized carbons (Fsp3) is 0.158. The Balaban J connectivity index is 1.86. The molecule has 5 heteroatoms. The highest BCUT2D eigenvalue weighted by Gasteiger charge is 2.34. The summed E-state index contributed by atoms with van der Waals surface area (Å²) in [6, 6.07) is 14.7. The Morgan fingerprint density at radius 1 is 1.04 bits per heavy atom. The lowest BCUT2D eigenvalue weighted by Crippen LogP contribution is -2.35. The minimum Gasteiger partial charge on any atom is -0.497 e. The normalized spacial score (nSPS) is 15.8. The SMILES string of the molecule is CCc1ccc(N2NC(=O)/C(=C\c3ccc(OC)cc3)C2=O)cc1. The molecule has 0 saturated carbocycles. The number of nitrogens with zero attached hydrogens (tertiary/aromatic N) is 1. The van der Waals surface area contributed by atoms with Gasteiger partial charge in [0, 0.05) is 0 Å². The van der Waals surface area contributed by atoms with Crippen molar-refractivity contribution in [2.45, 2.75) is 13.3 Å². The molecule has 0 unspecified atom stereocenters. The second kappa shape index (κ2) is 6.58. The number of amides is 2. The highest BCUT2D eigenvalue weighted by atomic mass is 16.5. The minimum atomic E-state index is -0.407. The highest BCUT2D eigenvalue weighted by Crippen LogP contribution is 2.22. The van der Waals surface area contributed by atoms with Crippen LogP contribution in [0.3, 0.4) is 0 Å². The van der Waals surface area contributed by atoms with Crippen LogP contribution in [0.15, 0.2) is 54.1 Å².